The molecule has 2 aliphatic heterocycles. The minimum Gasteiger partial charge on any atom is -0.443 e. The zero-order valence-electron chi connectivity index (χ0n) is 17.7. The van der Waals surface area contributed by atoms with Crippen molar-refractivity contribution in [3.63, 3.8) is 0 Å². The normalized spacial score (nSPS) is 19.0. The van der Waals surface area contributed by atoms with Crippen LogP contribution < -0.4 is 0 Å². The number of carbonyl (C=O) groups excluding carboxylic acids is 2. The lowest BCUT2D eigenvalue weighted by molar-refractivity contribution is -0.137. The molecule has 1 saturated heterocycles. The average molecular weight is 396 g/mol. The minimum atomic E-state index is -0.613. The summed E-state index contributed by atoms with van der Waals surface area (Å²) in [5.74, 6) is -0.367. The Morgan fingerprint density at radius 2 is 2.07 bits per heavy atom. The van der Waals surface area contributed by atoms with Crippen LogP contribution in [0.25, 0.3) is 5.69 Å². The molecule has 1 fully saturated rings. The minimum absolute atomic E-state index is 0.139. The Kier molecular flexibility index (Phi) is 4.97. The number of hydrogen-bond donors (Lipinski definition) is 0. The van der Waals surface area contributed by atoms with Crippen molar-refractivity contribution in [2.75, 3.05) is 6.54 Å². The lowest BCUT2D eigenvalue weighted by atomic mass is 9.90. The van der Waals surface area contributed by atoms with Crippen LogP contribution in [0.2, 0.25) is 0 Å². The van der Waals surface area contributed by atoms with Crippen LogP contribution in [0.5, 0.6) is 0 Å². The van der Waals surface area contributed by atoms with E-state index in [2.05, 4.69) is 34.7 Å². The zero-order chi connectivity index (χ0) is 20.8. The molecule has 154 valence electrons. The molecule has 4 rings (SSSR count). The number of aromatic nitrogens is 2. The fourth-order valence-electron chi connectivity index (χ4n) is 4.43. The van der Waals surface area contributed by atoms with E-state index in [0.29, 0.717) is 13.0 Å². The Morgan fingerprint density at radius 1 is 1.28 bits per heavy atom. The molecule has 3 heterocycles. The summed E-state index contributed by atoms with van der Waals surface area (Å²) < 4.78 is 7.60. The molecule has 0 saturated carbocycles. The molecule has 6 nitrogen and oxygen atoms in total. The number of carbonyl (C=O) groups is 2. The van der Waals surface area contributed by atoms with Gasteiger partial charge < -0.3 is 9.30 Å². The monoisotopic (exact) mass is 395 g/mol. The van der Waals surface area contributed by atoms with Crippen molar-refractivity contribution in [1.29, 1.82) is 0 Å². The molecule has 2 amide bonds. The van der Waals surface area contributed by atoms with E-state index in [9.17, 15) is 9.59 Å². The number of para-hydroxylation sites is 1. The van der Waals surface area contributed by atoms with Crippen molar-refractivity contribution in [3.8, 4) is 5.69 Å². The molecule has 1 aromatic heterocycles. The molecule has 0 spiro atoms. The SMILES string of the molecule is Cc1cccc2c1-n1cnc(CC3CCCN(C(=O)OC(C)(C)C)C3=O)c1CC2. The molecule has 0 radical (unpaired) electrons. The Balaban J connectivity index is 1.54. The van der Waals surface area contributed by atoms with Crippen molar-refractivity contribution in [2.45, 2.75) is 65.4 Å². The molecule has 1 unspecified atom stereocenters. The highest BCUT2D eigenvalue weighted by molar-refractivity contribution is 5.94. The maximum atomic E-state index is 13.0. The van der Waals surface area contributed by atoms with Crippen LogP contribution in [0.3, 0.4) is 0 Å². The Morgan fingerprint density at radius 3 is 2.83 bits per heavy atom. The quantitative estimate of drug-likeness (QED) is 0.771. The Bertz CT molecular complexity index is 955. The number of imidazole rings is 1. The largest absolute Gasteiger partial charge is 0.443 e. The van der Waals surface area contributed by atoms with Gasteiger partial charge in [0, 0.05) is 24.6 Å². The van der Waals surface area contributed by atoms with Crippen LogP contribution in [0.1, 0.15) is 56.1 Å². The van der Waals surface area contributed by atoms with Gasteiger partial charge in [0.05, 0.1) is 17.7 Å². The van der Waals surface area contributed by atoms with Gasteiger partial charge in [0.1, 0.15) is 5.60 Å². The molecule has 29 heavy (non-hydrogen) atoms. The fourth-order valence-corrected chi connectivity index (χ4v) is 4.43. The predicted octanol–water partition coefficient (Wildman–Crippen LogP) is 4.00. The highest BCUT2D eigenvalue weighted by Gasteiger charge is 2.36. The van der Waals surface area contributed by atoms with Gasteiger partial charge in [-0.1, -0.05) is 18.2 Å². The van der Waals surface area contributed by atoms with E-state index < -0.39 is 11.7 Å². The van der Waals surface area contributed by atoms with E-state index in [-0.39, 0.29) is 11.8 Å². The summed E-state index contributed by atoms with van der Waals surface area (Å²) in [6.07, 6.45) is 5.40. The fraction of sp³-hybridized carbons (Fsp3) is 0.522. The number of likely N-dealkylation sites (tertiary alicyclic amines) is 1. The van der Waals surface area contributed by atoms with Crippen LogP contribution >= 0.6 is 0 Å². The standard InChI is InChI=1S/C23H29N3O3/c1-15-7-5-8-16-10-11-19-18(24-14-26(19)20(15)16)13-17-9-6-12-25(21(17)27)22(28)29-23(2,3)4/h5,7-8,14,17H,6,9-13H2,1-4H3. The van der Waals surface area contributed by atoms with E-state index in [0.717, 1.165) is 31.4 Å². The van der Waals surface area contributed by atoms with Crippen molar-refractivity contribution in [3.05, 3.63) is 47.0 Å². The van der Waals surface area contributed by atoms with Crippen molar-refractivity contribution < 1.29 is 14.3 Å². The Hall–Kier alpha value is -2.63. The topological polar surface area (TPSA) is 64.4 Å². The second-order valence-electron chi connectivity index (χ2n) is 9.10. The van der Waals surface area contributed by atoms with Gasteiger partial charge in [0.25, 0.3) is 0 Å². The molecule has 1 aromatic carbocycles. The van der Waals surface area contributed by atoms with E-state index in [1.807, 2.05) is 27.1 Å². The molecule has 1 atom stereocenters. The van der Waals surface area contributed by atoms with Gasteiger partial charge >= 0.3 is 6.09 Å². The molecule has 0 aliphatic carbocycles. The summed E-state index contributed by atoms with van der Waals surface area (Å²) in [4.78, 5) is 31.4. The first kappa shape index (κ1) is 19.7. The van der Waals surface area contributed by atoms with Gasteiger partial charge in [-0.15, -0.1) is 0 Å². The lowest BCUT2D eigenvalue weighted by Crippen LogP contribution is -2.47. The zero-order valence-corrected chi connectivity index (χ0v) is 17.7. The number of piperidine rings is 1. The highest BCUT2D eigenvalue weighted by Crippen LogP contribution is 2.31. The number of imide groups is 1. The number of ether oxygens (including phenoxy) is 1. The average Bonchev–Trinajstić information content (AvgIpc) is 3.05. The molecular formula is C23H29N3O3. The summed E-state index contributed by atoms with van der Waals surface area (Å²) >= 11 is 0. The number of benzene rings is 1. The van der Waals surface area contributed by atoms with Crippen LogP contribution in [-0.4, -0.2) is 38.6 Å². The molecule has 0 N–H and O–H groups in total. The second-order valence-corrected chi connectivity index (χ2v) is 9.10. The number of nitrogens with zero attached hydrogens (tertiary/aromatic N) is 3. The van der Waals surface area contributed by atoms with Crippen molar-refractivity contribution in [1.82, 2.24) is 14.5 Å². The molecule has 6 heteroatoms. The van der Waals surface area contributed by atoms with Crippen molar-refractivity contribution >= 4 is 12.0 Å². The van der Waals surface area contributed by atoms with E-state index in [1.165, 1.54) is 27.4 Å². The number of aryl methyl sites for hydroxylation is 2. The van der Waals surface area contributed by atoms with Crippen LogP contribution in [0.15, 0.2) is 24.5 Å². The summed E-state index contributed by atoms with van der Waals surface area (Å²) in [6, 6.07) is 6.40. The highest BCUT2D eigenvalue weighted by atomic mass is 16.6. The number of fused-ring (bicyclic) bond motifs is 3. The third kappa shape index (κ3) is 3.80. The summed E-state index contributed by atoms with van der Waals surface area (Å²) in [5.41, 5.74) is 5.34. The molecule has 2 aromatic rings. The summed E-state index contributed by atoms with van der Waals surface area (Å²) in [6.45, 7) is 7.99. The maximum absolute atomic E-state index is 13.0. The van der Waals surface area contributed by atoms with Gasteiger partial charge in [-0.25, -0.2) is 14.7 Å². The summed E-state index contributed by atoms with van der Waals surface area (Å²) in [7, 11) is 0. The number of rotatable bonds is 2. The third-order valence-corrected chi connectivity index (χ3v) is 5.75. The summed E-state index contributed by atoms with van der Waals surface area (Å²) in [5, 5.41) is 0. The van der Waals surface area contributed by atoms with Crippen LogP contribution in [-0.2, 0) is 28.8 Å². The van der Waals surface area contributed by atoms with Gasteiger partial charge in [0.15, 0.2) is 0 Å². The van der Waals surface area contributed by atoms with Gasteiger partial charge in [-0.05, 0) is 64.5 Å². The van der Waals surface area contributed by atoms with E-state index >= 15 is 0 Å². The first-order valence-corrected chi connectivity index (χ1v) is 10.4. The molecule has 2 aliphatic rings. The predicted molar refractivity (Wildman–Crippen MR) is 110 cm³/mol. The smallest absolute Gasteiger partial charge is 0.417 e. The molecule has 0 bridgehead atoms. The first-order valence-electron chi connectivity index (χ1n) is 10.4. The van der Waals surface area contributed by atoms with Crippen LogP contribution in [0.4, 0.5) is 4.79 Å². The van der Waals surface area contributed by atoms with Gasteiger partial charge in [-0.2, -0.15) is 0 Å². The van der Waals surface area contributed by atoms with Gasteiger partial charge in [0.2, 0.25) is 5.91 Å². The van der Waals surface area contributed by atoms with Crippen LogP contribution in [0, 0.1) is 12.8 Å². The number of hydrogen-bond acceptors (Lipinski definition) is 4. The maximum Gasteiger partial charge on any atom is 0.417 e. The first-order chi connectivity index (χ1) is 13.7. The van der Waals surface area contributed by atoms with E-state index in [1.54, 1.807) is 0 Å². The number of amides is 2. The third-order valence-electron chi connectivity index (χ3n) is 5.75. The van der Waals surface area contributed by atoms with Gasteiger partial charge in [-0.3, -0.25) is 4.79 Å². The second kappa shape index (κ2) is 7.32. The van der Waals surface area contributed by atoms with Crippen molar-refractivity contribution in [2.24, 2.45) is 5.92 Å². The lowest BCUT2D eigenvalue weighted by Gasteiger charge is -2.32. The Labute approximate surface area is 171 Å². The molecular weight excluding hydrogens is 366 g/mol. The van der Waals surface area contributed by atoms with E-state index in [4.69, 9.17) is 4.74 Å².